The molecular formula is C12H16FN5O3. The molecule has 0 aliphatic carbocycles. The molecule has 0 spiro atoms. The molecule has 3 N–H and O–H groups in total. The predicted octanol–water partition coefficient (Wildman–Crippen LogP) is -0.118. The fourth-order valence-electron chi connectivity index (χ4n) is 2.80. The molecule has 8 nitrogen and oxygen atoms in total. The van der Waals surface area contributed by atoms with E-state index in [4.69, 9.17) is 15.2 Å². The van der Waals surface area contributed by atoms with Crippen LogP contribution in [-0.2, 0) is 9.47 Å². The summed E-state index contributed by atoms with van der Waals surface area (Å²) in [5.74, 6) is 0.191. The van der Waals surface area contributed by atoms with Crippen LogP contribution in [0.1, 0.15) is 18.7 Å². The van der Waals surface area contributed by atoms with E-state index in [0.29, 0.717) is 11.3 Å². The van der Waals surface area contributed by atoms with Gasteiger partial charge in [-0.1, -0.05) is 0 Å². The Morgan fingerprint density at radius 1 is 1.57 bits per heavy atom. The number of aliphatic hydroxyl groups excluding tert-OH is 1. The lowest BCUT2D eigenvalue weighted by Gasteiger charge is -2.25. The monoisotopic (exact) mass is 297 g/mol. The molecule has 0 aromatic carbocycles. The highest BCUT2D eigenvalue weighted by Crippen LogP contribution is 2.45. The number of halogens is 1. The van der Waals surface area contributed by atoms with Gasteiger partial charge in [0.1, 0.15) is 24.6 Å². The molecule has 2 aromatic rings. The smallest absolute Gasteiger partial charge is 0.196 e. The molecular weight excluding hydrogens is 281 g/mol. The van der Waals surface area contributed by atoms with Crippen molar-refractivity contribution in [1.29, 1.82) is 0 Å². The Hall–Kier alpha value is -1.84. The lowest BCUT2D eigenvalue weighted by Crippen LogP contribution is -2.41. The molecule has 1 aliphatic rings. The quantitative estimate of drug-likeness (QED) is 0.813. The number of fused-ring (bicyclic) bond motifs is 1. The molecule has 1 saturated heterocycles. The third-order valence-corrected chi connectivity index (χ3v) is 3.78. The number of aliphatic hydroxyl groups is 1. The molecule has 3 heterocycles. The van der Waals surface area contributed by atoms with E-state index in [1.54, 1.807) is 0 Å². The minimum atomic E-state index is -1.85. The van der Waals surface area contributed by atoms with Crippen molar-refractivity contribution in [2.24, 2.45) is 0 Å². The van der Waals surface area contributed by atoms with Crippen molar-refractivity contribution >= 4 is 11.5 Å². The van der Waals surface area contributed by atoms with Crippen molar-refractivity contribution < 1.29 is 19.0 Å². The first kappa shape index (κ1) is 14.1. The maximum absolute atomic E-state index is 15.1. The molecule has 0 radical (unpaired) electrons. The van der Waals surface area contributed by atoms with Crippen molar-refractivity contribution in [3.05, 3.63) is 18.2 Å². The van der Waals surface area contributed by atoms with Gasteiger partial charge in [-0.2, -0.15) is 5.10 Å². The Morgan fingerprint density at radius 3 is 2.95 bits per heavy atom. The van der Waals surface area contributed by atoms with Gasteiger partial charge in [0.15, 0.2) is 17.1 Å². The van der Waals surface area contributed by atoms with Crippen LogP contribution in [0.15, 0.2) is 12.5 Å². The highest BCUT2D eigenvalue weighted by molar-refractivity contribution is 5.58. The number of nitrogens with two attached hydrogens (primary N) is 1. The zero-order chi connectivity index (χ0) is 15.2. The fourth-order valence-corrected chi connectivity index (χ4v) is 2.80. The second kappa shape index (κ2) is 4.86. The summed E-state index contributed by atoms with van der Waals surface area (Å²) in [6, 6.07) is 0. The van der Waals surface area contributed by atoms with Gasteiger partial charge in [-0.05, 0) is 6.92 Å². The molecule has 1 aliphatic heterocycles. The summed E-state index contributed by atoms with van der Waals surface area (Å²) in [6.07, 6.45) is 0.0610. The highest BCUT2D eigenvalue weighted by atomic mass is 19.1. The van der Waals surface area contributed by atoms with E-state index in [2.05, 4.69) is 15.1 Å². The third kappa shape index (κ3) is 1.96. The van der Waals surface area contributed by atoms with Crippen molar-refractivity contribution in [3.63, 3.8) is 0 Å². The fraction of sp³-hybridized carbons (Fsp3) is 0.583. The first-order valence-corrected chi connectivity index (χ1v) is 6.42. The third-order valence-electron chi connectivity index (χ3n) is 3.78. The standard InChI is InChI=1S/C12H16FN5O3/c1-12(13)8(21-7(4-19)9(12)20-2)6-3-15-11-10(14)16-5-17-18(6)11/h3,5,7-9,19H,4H2,1-2H3,(H2,14,16,17)/t7-,8?,9-,12+/m1/s1. The van der Waals surface area contributed by atoms with Gasteiger partial charge in [-0.25, -0.2) is 18.9 Å². The molecule has 114 valence electrons. The Balaban J connectivity index is 2.08. The van der Waals surface area contributed by atoms with Crippen molar-refractivity contribution in [2.45, 2.75) is 30.9 Å². The van der Waals surface area contributed by atoms with Gasteiger partial charge in [-0.15, -0.1) is 0 Å². The summed E-state index contributed by atoms with van der Waals surface area (Å²) in [5, 5.41) is 13.4. The summed E-state index contributed by atoms with van der Waals surface area (Å²) < 4.78 is 27.2. The van der Waals surface area contributed by atoms with Gasteiger partial charge in [-0.3, -0.25) is 0 Å². The van der Waals surface area contributed by atoms with Gasteiger partial charge in [0.25, 0.3) is 0 Å². The van der Waals surface area contributed by atoms with Crippen LogP contribution in [0.4, 0.5) is 10.2 Å². The number of alkyl halides is 1. The SMILES string of the molecule is CO[C@@H]1[C@@H](CO)OC(c2cnc3c(N)ncnn23)[C@]1(C)F. The Labute approximate surface area is 119 Å². The van der Waals surface area contributed by atoms with Crippen LogP contribution in [0.25, 0.3) is 5.65 Å². The number of imidazole rings is 1. The molecule has 0 bridgehead atoms. The summed E-state index contributed by atoms with van der Waals surface area (Å²) in [6.45, 7) is 1.02. The van der Waals surface area contributed by atoms with Crippen LogP contribution in [0.2, 0.25) is 0 Å². The van der Waals surface area contributed by atoms with Gasteiger partial charge < -0.3 is 20.3 Å². The highest BCUT2D eigenvalue weighted by Gasteiger charge is 2.56. The molecule has 2 aromatic heterocycles. The Kier molecular flexibility index (Phi) is 3.27. The van der Waals surface area contributed by atoms with E-state index in [1.165, 1.54) is 31.1 Å². The van der Waals surface area contributed by atoms with Crippen molar-refractivity contribution in [1.82, 2.24) is 19.6 Å². The number of ether oxygens (including phenoxy) is 2. The second-order valence-corrected chi connectivity index (χ2v) is 5.11. The molecule has 21 heavy (non-hydrogen) atoms. The molecule has 3 rings (SSSR count). The van der Waals surface area contributed by atoms with Crippen LogP contribution >= 0.6 is 0 Å². The zero-order valence-corrected chi connectivity index (χ0v) is 11.6. The molecule has 4 atom stereocenters. The topological polar surface area (TPSA) is 108 Å². The summed E-state index contributed by atoms with van der Waals surface area (Å²) >= 11 is 0. The van der Waals surface area contributed by atoms with E-state index in [0.717, 1.165) is 0 Å². The van der Waals surface area contributed by atoms with Crippen LogP contribution in [0, 0.1) is 0 Å². The van der Waals surface area contributed by atoms with Gasteiger partial charge >= 0.3 is 0 Å². The Bertz CT molecular complexity index is 661. The van der Waals surface area contributed by atoms with E-state index >= 15 is 4.39 Å². The first-order valence-electron chi connectivity index (χ1n) is 6.42. The number of methoxy groups -OCH3 is 1. The summed E-state index contributed by atoms with van der Waals surface area (Å²) in [7, 11) is 1.38. The normalized spacial score (nSPS) is 32.9. The number of aromatic nitrogens is 4. The maximum atomic E-state index is 15.1. The molecule has 1 unspecified atom stereocenters. The van der Waals surface area contributed by atoms with Crippen molar-refractivity contribution in [2.75, 3.05) is 19.5 Å². The zero-order valence-electron chi connectivity index (χ0n) is 11.6. The van der Waals surface area contributed by atoms with Gasteiger partial charge in [0.2, 0.25) is 0 Å². The summed E-state index contributed by atoms with van der Waals surface area (Å²) in [5.41, 5.74) is 4.58. The van der Waals surface area contributed by atoms with E-state index in [-0.39, 0.29) is 12.4 Å². The largest absolute Gasteiger partial charge is 0.394 e. The van der Waals surface area contributed by atoms with E-state index in [9.17, 15) is 5.11 Å². The van der Waals surface area contributed by atoms with Gasteiger partial charge in [0.05, 0.1) is 18.5 Å². The van der Waals surface area contributed by atoms with E-state index in [1.807, 2.05) is 0 Å². The van der Waals surface area contributed by atoms with Crippen LogP contribution in [-0.4, -0.2) is 56.3 Å². The lowest BCUT2D eigenvalue weighted by molar-refractivity contribution is -0.0385. The molecule has 0 amide bonds. The van der Waals surface area contributed by atoms with E-state index < -0.39 is 24.0 Å². The molecule has 1 fully saturated rings. The molecule has 9 heteroatoms. The number of nitrogen functional groups attached to an aromatic ring is 1. The van der Waals surface area contributed by atoms with Crippen molar-refractivity contribution in [3.8, 4) is 0 Å². The maximum Gasteiger partial charge on any atom is 0.196 e. The van der Waals surface area contributed by atoms with Gasteiger partial charge in [0, 0.05) is 7.11 Å². The first-order chi connectivity index (χ1) is 10.0. The van der Waals surface area contributed by atoms with Crippen LogP contribution in [0.5, 0.6) is 0 Å². The minimum absolute atomic E-state index is 0.191. The number of anilines is 1. The second-order valence-electron chi connectivity index (χ2n) is 5.11. The molecule has 0 saturated carbocycles. The number of hydrogen-bond donors (Lipinski definition) is 2. The number of nitrogens with zero attached hydrogens (tertiary/aromatic N) is 4. The van der Waals surface area contributed by atoms with Crippen LogP contribution < -0.4 is 5.73 Å². The Morgan fingerprint density at radius 2 is 2.33 bits per heavy atom. The summed E-state index contributed by atoms with van der Waals surface area (Å²) in [4.78, 5) is 7.92. The average molecular weight is 297 g/mol. The predicted molar refractivity (Wildman–Crippen MR) is 70.2 cm³/mol. The van der Waals surface area contributed by atoms with Crippen LogP contribution in [0.3, 0.4) is 0 Å². The lowest BCUT2D eigenvalue weighted by atomic mass is 9.93. The minimum Gasteiger partial charge on any atom is -0.394 e. The number of rotatable bonds is 3. The average Bonchev–Trinajstić information content (AvgIpc) is 2.97. The number of hydrogen-bond acceptors (Lipinski definition) is 7.